The minimum absolute atomic E-state index is 0.0581. The fourth-order valence-corrected chi connectivity index (χ4v) is 11.9. The Bertz CT molecular complexity index is 2540. The van der Waals surface area contributed by atoms with Gasteiger partial charge in [0.1, 0.15) is 19.3 Å². The number of aliphatic hydroxyl groups excluding tert-OH is 1. The molecule has 0 spiro atoms. The molecule has 0 radical (unpaired) electrons. The van der Waals surface area contributed by atoms with E-state index < -0.39 is 97.5 Å². The number of phosphoric acid groups is 2. The van der Waals surface area contributed by atoms with Crippen molar-refractivity contribution in [1.82, 2.24) is 0 Å². The number of rotatable bonds is 74. The summed E-state index contributed by atoms with van der Waals surface area (Å²) in [4.78, 5) is 73.0. The van der Waals surface area contributed by atoms with Gasteiger partial charge in [-0.05, 0) is 128 Å². The highest BCUT2D eigenvalue weighted by Gasteiger charge is 2.30. The molecule has 0 aromatic rings. The van der Waals surface area contributed by atoms with Crippen molar-refractivity contribution in [1.29, 1.82) is 0 Å². The highest BCUT2D eigenvalue weighted by atomic mass is 31.2. The van der Waals surface area contributed by atoms with Gasteiger partial charge >= 0.3 is 39.5 Å². The van der Waals surface area contributed by atoms with Crippen molar-refractivity contribution in [3.63, 3.8) is 0 Å². The van der Waals surface area contributed by atoms with E-state index >= 15 is 0 Å². The lowest BCUT2D eigenvalue weighted by Crippen LogP contribution is -2.30. The molecular weight excluding hydrogens is 1350 g/mol. The number of carbonyl (C=O) groups excluding carboxylic acids is 4. The van der Waals surface area contributed by atoms with Crippen LogP contribution in [0, 0.1) is 0 Å². The van der Waals surface area contributed by atoms with Crippen LogP contribution in [0.25, 0.3) is 0 Å². The monoisotopic (exact) mass is 1500 g/mol. The number of hydrogen-bond acceptors (Lipinski definition) is 15. The molecule has 17 nitrogen and oxygen atoms in total. The van der Waals surface area contributed by atoms with Crippen LogP contribution >= 0.6 is 15.6 Å². The molecule has 594 valence electrons. The maximum Gasteiger partial charge on any atom is 0.472 e. The van der Waals surface area contributed by atoms with E-state index in [4.69, 9.17) is 37.0 Å². The topological polar surface area (TPSA) is 237 Å². The molecule has 0 fully saturated rings. The molecule has 0 aliphatic rings. The third-order valence-electron chi connectivity index (χ3n) is 16.3. The third kappa shape index (κ3) is 75.2. The van der Waals surface area contributed by atoms with Crippen LogP contribution in [0.5, 0.6) is 0 Å². The quantitative estimate of drug-likeness (QED) is 0.0169. The van der Waals surface area contributed by atoms with E-state index in [0.717, 1.165) is 161 Å². The van der Waals surface area contributed by atoms with Crippen molar-refractivity contribution in [3.05, 3.63) is 146 Å². The fraction of sp³-hybridized carbons (Fsp3) is 0.671. The first-order valence-corrected chi connectivity index (χ1v) is 43.1. The van der Waals surface area contributed by atoms with E-state index in [1.54, 1.807) is 6.08 Å². The molecular formula is C85H142O17P2. The van der Waals surface area contributed by atoms with Crippen LogP contribution in [0.15, 0.2) is 146 Å². The first-order chi connectivity index (χ1) is 50.7. The second-order valence-corrected chi connectivity index (χ2v) is 29.2. The third-order valence-corrected chi connectivity index (χ3v) is 18.2. The molecule has 0 bridgehead atoms. The lowest BCUT2D eigenvalue weighted by molar-refractivity contribution is -0.161. The van der Waals surface area contributed by atoms with Crippen LogP contribution in [-0.4, -0.2) is 96.7 Å². The number of allylic oxidation sites excluding steroid dienone is 23. The zero-order chi connectivity index (χ0) is 76.0. The largest absolute Gasteiger partial charge is 0.472 e. The van der Waals surface area contributed by atoms with E-state index in [0.29, 0.717) is 25.7 Å². The van der Waals surface area contributed by atoms with E-state index in [1.807, 2.05) is 18.2 Å². The summed E-state index contributed by atoms with van der Waals surface area (Å²) in [6.45, 7) is 4.47. The average Bonchev–Trinajstić information content (AvgIpc) is 0.916. The first-order valence-electron chi connectivity index (χ1n) is 40.1. The maximum absolute atomic E-state index is 13.1. The number of esters is 4. The Kier molecular flexibility index (Phi) is 72.4. The molecule has 0 aromatic carbocycles. The molecule has 0 amide bonds. The minimum Gasteiger partial charge on any atom is -0.462 e. The van der Waals surface area contributed by atoms with Gasteiger partial charge in [-0.15, -0.1) is 0 Å². The fourth-order valence-electron chi connectivity index (χ4n) is 10.3. The van der Waals surface area contributed by atoms with Gasteiger partial charge in [-0.2, -0.15) is 0 Å². The zero-order valence-electron chi connectivity index (χ0n) is 64.9. The highest BCUT2D eigenvalue weighted by Crippen LogP contribution is 2.45. The van der Waals surface area contributed by atoms with E-state index in [2.05, 4.69) is 149 Å². The number of ether oxygens (including phenoxy) is 4. The molecule has 0 aromatic heterocycles. The Hall–Kier alpha value is -5.06. The SMILES string of the molecule is CC/C=C\C/C=C\C/C=C\C/C=C\C/C=C\CC(=O)OCC(COP(=O)(O)OCC(O)COP(=O)(O)OCC(COC(=O)CCCCCCCC/C=C\C/C=C\C/C=C\CCCCC)OC(=O)CCCCCC/C=C\C/C=C\C/C=C\C/C=C\CC)OC(=O)CCCCCCCCCCCCCCC. The molecule has 19 heteroatoms. The molecule has 3 N–H and O–H groups in total. The summed E-state index contributed by atoms with van der Waals surface area (Å²) in [6.07, 6.45) is 87.1. The number of aliphatic hydroxyl groups is 1. The predicted molar refractivity (Wildman–Crippen MR) is 427 cm³/mol. The Morgan fingerprint density at radius 3 is 0.875 bits per heavy atom. The molecule has 0 saturated heterocycles. The number of carbonyl (C=O) groups is 4. The van der Waals surface area contributed by atoms with Crippen LogP contribution in [0.1, 0.15) is 310 Å². The van der Waals surface area contributed by atoms with Crippen LogP contribution in [0.4, 0.5) is 0 Å². The van der Waals surface area contributed by atoms with E-state index in [1.165, 1.54) is 70.6 Å². The van der Waals surface area contributed by atoms with Gasteiger partial charge in [0, 0.05) is 19.3 Å². The summed E-state index contributed by atoms with van der Waals surface area (Å²) in [5, 5.41) is 10.6. The van der Waals surface area contributed by atoms with Gasteiger partial charge < -0.3 is 33.8 Å². The summed E-state index contributed by atoms with van der Waals surface area (Å²) in [6, 6.07) is 0. The standard InChI is InChI=1S/C85H142O17P2/c1-5-9-13-17-21-25-29-33-36-38-39-41-43-47-50-54-58-62-66-70-83(88)96-76-81(102-85(90)72-68-64-60-56-52-48-44-40-37-34-30-26-22-18-14-10-6-2)78-100-104(93,94)98-74-79(86)73-97-103(91,92)99-77-80(101-84(89)71-67-63-59-55-51-45-32-28-24-20-16-12-8-4)75-95-82(87)69-65-61-57-53-49-46-42-35-31-27-23-19-15-11-7-3/h10-11,14-15,21-23,25-27,33-37,39,41-42,44,48-49,53,61,65,79-81,86H,5-9,12-13,16-20,24,28-32,38,40,43,45-47,50-52,54-60,62-64,66-78H2,1-4H3,(H,91,92)(H,93,94)/b14-10-,15-11-,25-21-,26-22-,27-23-,36-33-,37-34-,41-39-,42-35-,48-44-,53-49-,65-61-. The molecule has 0 rings (SSSR count). The van der Waals surface area contributed by atoms with Crippen LogP contribution in [0.2, 0.25) is 0 Å². The maximum atomic E-state index is 13.1. The van der Waals surface area contributed by atoms with Crippen molar-refractivity contribution in [2.24, 2.45) is 0 Å². The van der Waals surface area contributed by atoms with Crippen molar-refractivity contribution >= 4 is 39.5 Å². The number of phosphoric ester groups is 2. The second kappa shape index (κ2) is 76.1. The van der Waals surface area contributed by atoms with Crippen molar-refractivity contribution in [2.75, 3.05) is 39.6 Å². The highest BCUT2D eigenvalue weighted by molar-refractivity contribution is 7.47. The molecule has 0 aliphatic heterocycles. The zero-order valence-corrected chi connectivity index (χ0v) is 66.7. The Morgan fingerprint density at radius 1 is 0.288 bits per heavy atom. The summed E-state index contributed by atoms with van der Waals surface area (Å²) in [7, 11) is -10.00. The van der Waals surface area contributed by atoms with Crippen LogP contribution in [0.3, 0.4) is 0 Å². The van der Waals surface area contributed by atoms with E-state index in [9.17, 15) is 43.2 Å². The van der Waals surface area contributed by atoms with Gasteiger partial charge in [-0.3, -0.25) is 37.3 Å². The van der Waals surface area contributed by atoms with Gasteiger partial charge in [0.2, 0.25) is 0 Å². The summed E-state index contributed by atoms with van der Waals surface area (Å²) in [5.41, 5.74) is 0. The van der Waals surface area contributed by atoms with Gasteiger partial charge in [0.15, 0.2) is 12.2 Å². The summed E-state index contributed by atoms with van der Waals surface area (Å²) >= 11 is 0. The number of unbranched alkanes of at least 4 members (excludes halogenated alkanes) is 25. The Balaban J connectivity index is 5.45. The number of hydrogen-bond donors (Lipinski definition) is 3. The van der Waals surface area contributed by atoms with Gasteiger partial charge in [-0.25, -0.2) is 9.13 Å². The molecule has 0 saturated carbocycles. The Morgan fingerprint density at radius 2 is 0.538 bits per heavy atom. The van der Waals surface area contributed by atoms with Crippen LogP contribution < -0.4 is 0 Å². The van der Waals surface area contributed by atoms with Crippen molar-refractivity contribution in [3.8, 4) is 0 Å². The van der Waals surface area contributed by atoms with Gasteiger partial charge in [-0.1, -0.05) is 302 Å². The predicted octanol–water partition coefficient (Wildman–Crippen LogP) is 23.4. The lowest BCUT2D eigenvalue weighted by atomic mass is 10.0. The minimum atomic E-state index is -5.00. The van der Waals surface area contributed by atoms with E-state index in [-0.39, 0.29) is 25.7 Å². The molecule has 5 unspecified atom stereocenters. The molecule has 5 atom stereocenters. The normalized spacial score (nSPS) is 14.6. The average molecular weight is 1500 g/mol. The second-order valence-electron chi connectivity index (χ2n) is 26.3. The van der Waals surface area contributed by atoms with Crippen LogP contribution in [-0.2, 0) is 65.4 Å². The summed E-state index contributed by atoms with van der Waals surface area (Å²) in [5.74, 6) is -2.36. The van der Waals surface area contributed by atoms with Gasteiger partial charge in [0.25, 0.3) is 0 Å². The first kappa shape index (κ1) is 98.9. The molecule has 0 aliphatic carbocycles. The van der Waals surface area contributed by atoms with Crippen molar-refractivity contribution in [2.45, 2.75) is 329 Å². The molecule has 104 heavy (non-hydrogen) atoms. The smallest absolute Gasteiger partial charge is 0.462 e. The van der Waals surface area contributed by atoms with Crippen molar-refractivity contribution < 1.29 is 80.2 Å². The van der Waals surface area contributed by atoms with Gasteiger partial charge in [0.05, 0.1) is 32.8 Å². The Labute approximate surface area is 630 Å². The lowest BCUT2D eigenvalue weighted by Gasteiger charge is -2.21. The summed E-state index contributed by atoms with van der Waals surface area (Å²) < 4.78 is 68.5. The molecule has 0 heterocycles.